The quantitative estimate of drug-likeness (QED) is 0.146. The first-order valence-corrected chi connectivity index (χ1v) is 15.6. The zero-order chi connectivity index (χ0) is 33.4. The van der Waals surface area contributed by atoms with Gasteiger partial charge in [-0.3, -0.25) is 9.59 Å². The summed E-state index contributed by atoms with van der Waals surface area (Å²) in [5.41, 5.74) is 2.69. The average Bonchev–Trinajstić information content (AvgIpc) is 3.12. The average molecular weight is 629 g/mol. The number of aryl methyl sites for hydroxylation is 1. The van der Waals surface area contributed by atoms with Crippen molar-refractivity contribution in [1.82, 2.24) is 0 Å². The van der Waals surface area contributed by atoms with Crippen LogP contribution in [0.25, 0.3) is 0 Å². The molecule has 6 rings (SSSR count). The van der Waals surface area contributed by atoms with Gasteiger partial charge in [-0.15, -0.1) is 0 Å². The van der Waals surface area contributed by atoms with Gasteiger partial charge in [0.1, 0.15) is 11.5 Å². The Kier molecular flexibility index (Phi) is 10.1. The molecule has 1 fully saturated rings. The first-order valence-electron chi connectivity index (χ1n) is 15.6. The molecular weight excluding hydrogens is 588 g/mol. The maximum atomic E-state index is 14.1. The largest absolute Gasteiger partial charge is 0.508 e. The van der Waals surface area contributed by atoms with E-state index in [1.165, 1.54) is 14.2 Å². The molecule has 2 atom stereocenters. The number of benzene rings is 5. The summed E-state index contributed by atoms with van der Waals surface area (Å²) < 4.78 is 10.9. The minimum absolute atomic E-state index is 0.177. The van der Waals surface area contributed by atoms with Crippen LogP contribution in [0, 0.1) is 12.3 Å². The Morgan fingerprint density at radius 2 is 0.915 bits per heavy atom. The van der Waals surface area contributed by atoms with Crippen molar-refractivity contribution in [3.8, 4) is 11.5 Å². The number of phenolic OH excluding ortho intramolecular Hbond substituents is 2. The Hall–Kier alpha value is -5.36. The molecule has 0 aromatic heterocycles. The summed E-state index contributed by atoms with van der Waals surface area (Å²) in [4.78, 5) is 28.1. The smallest absolute Gasteiger partial charge is 0.324 e. The number of hydrogen-bond acceptors (Lipinski definition) is 6. The first kappa shape index (κ1) is 33.0. The minimum atomic E-state index is -1.63. The Morgan fingerprint density at radius 1 is 0.553 bits per heavy atom. The van der Waals surface area contributed by atoms with Gasteiger partial charge in [0.2, 0.25) is 0 Å². The lowest BCUT2D eigenvalue weighted by Gasteiger charge is -2.53. The molecule has 0 spiro atoms. The predicted molar refractivity (Wildman–Crippen MR) is 182 cm³/mol. The van der Waals surface area contributed by atoms with Gasteiger partial charge < -0.3 is 19.7 Å². The van der Waals surface area contributed by atoms with Gasteiger partial charge in [0.25, 0.3) is 0 Å². The second kappa shape index (κ2) is 14.4. The summed E-state index contributed by atoms with van der Waals surface area (Å²) >= 11 is 0. The fourth-order valence-corrected chi connectivity index (χ4v) is 7.19. The number of ether oxygens (including phenoxy) is 2. The van der Waals surface area contributed by atoms with Gasteiger partial charge in [-0.2, -0.15) is 0 Å². The van der Waals surface area contributed by atoms with E-state index < -0.39 is 34.6 Å². The minimum Gasteiger partial charge on any atom is -0.508 e. The molecule has 0 saturated heterocycles. The summed E-state index contributed by atoms with van der Waals surface area (Å²) in [5, 5.41) is 18.8. The van der Waals surface area contributed by atoms with Gasteiger partial charge >= 0.3 is 11.9 Å². The van der Waals surface area contributed by atoms with Crippen molar-refractivity contribution in [2.24, 2.45) is 5.41 Å². The molecule has 1 aliphatic rings. The normalized spacial score (nSPS) is 19.8. The van der Waals surface area contributed by atoms with Crippen LogP contribution < -0.4 is 0 Å². The molecule has 0 amide bonds. The third-order valence-electron chi connectivity index (χ3n) is 9.43. The summed E-state index contributed by atoms with van der Waals surface area (Å²) in [6.07, 6.45) is 0.886. The van der Waals surface area contributed by atoms with E-state index in [-0.39, 0.29) is 5.75 Å². The number of carbonyl (C=O) groups excluding carboxylic acids is 2. The highest BCUT2D eigenvalue weighted by atomic mass is 16.5. The van der Waals surface area contributed by atoms with Gasteiger partial charge in [0.15, 0.2) is 5.41 Å². The van der Waals surface area contributed by atoms with Gasteiger partial charge in [-0.1, -0.05) is 121 Å². The molecule has 6 nitrogen and oxygen atoms in total. The van der Waals surface area contributed by atoms with Crippen LogP contribution in [-0.2, 0) is 24.5 Å². The van der Waals surface area contributed by atoms with Gasteiger partial charge in [0, 0.05) is 17.3 Å². The summed E-state index contributed by atoms with van der Waals surface area (Å²) in [7, 11) is 2.66. The molecule has 2 unspecified atom stereocenters. The molecule has 47 heavy (non-hydrogen) atoms. The van der Waals surface area contributed by atoms with Crippen LogP contribution in [0.2, 0.25) is 0 Å². The Balaban J connectivity index is 0.000000549. The van der Waals surface area contributed by atoms with Crippen molar-refractivity contribution in [1.29, 1.82) is 0 Å². The van der Waals surface area contributed by atoms with Crippen molar-refractivity contribution in [2.75, 3.05) is 14.2 Å². The number of para-hydroxylation sites is 1. The highest BCUT2D eigenvalue weighted by Crippen LogP contribution is 2.63. The summed E-state index contributed by atoms with van der Waals surface area (Å²) in [6, 6.07) is 43.9. The number of rotatable bonds is 6. The lowest BCUT2D eigenvalue weighted by molar-refractivity contribution is -0.176. The lowest BCUT2D eigenvalue weighted by atomic mass is 9.47. The molecule has 0 heterocycles. The fraction of sp³-hybridized carbons (Fsp3) is 0.220. The topological polar surface area (TPSA) is 93.1 Å². The molecule has 0 aliphatic heterocycles. The number of aromatic hydroxyl groups is 2. The number of carbonyl (C=O) groups is 2. The van der Waals surface area contributed by atoms with Gasteiger partial charge in [0.05, 0.1) is 14.2 Å². The SMILES string of the molecule is COC(=O)C1(C(=O)OC)C(c2ccccc2)CC(c2ccc(C)cc2)(c2ccc(O)cc2)CC1c1ccccc1.Oc1ccccc1. The second-order valence-corrected chi connectivity index (χ2v) is 12.0. The highest BCUT2D eigenvalue weighted by molar-refractivity contribution is 6.03. The fourth-order valence-electron chi connectivity index (χ4n) is 7.19. The zero-order valence-electron chi connectivity index (χ0n) is 26.9. The molecule has 1 aliphatic carbocycles. The molecule has 2 N–H and O–H groups in total. The number of phenols is 2. The van der Waals surface area contributed by atoms with E-state index in [1.807, 2.05) is 78.9 Å². The maximum Gasteiger partial charge on any atom is 0.324 e. The number of hydrogen-bond donors (Lipinski definition) is 2. The zero-order valence-corrected chi connectivity index (χ0v) is 26.9. The van der Waals surface area contributed by atoms with Crippen LogP contribution >= 0.6 is 0 Å². The van der Waals surface area contributed by atoms with Crippen LogP contribution in [0.4, 0.5) is 0 Å². The van der Waals surface area contributed by atoms with Crippen LogP contribution in [0.3, 0.4) is 0 Å². The molecule has 1 saturated carbocycles. The van der Waals surface area contributed by atoms with Crippen LogP contribution in [0.1, 0.15) is 52.5 Å². The molecular formula is C41H40O6. The Morgan fingerprint density at radius 3 is 1.28 bits per heavy atom. The van der Waals surface area contributed by atoms with E-state index in [0.29, 0.717) is 18.6 Å². The van der Waals surface area contributed by atoms with Crippen molar-refractivity contribution < 1.29 is 29.3 Å². The molecule has 5 aromatic rings. The van der Waals surface area contributed by atoms with Crippen molar-refractivity contribution >= 4 is 11.9 Å². The number of methoxy groups -OCH3 is 2. The monoisotopic (exact) mass is 628 g/mol. The Labute approximate surface area is 276 Å². The summed E-state index contributed by atoms with van der Waals surface area (Å²) in [5.74, 6) is -1.88. The molecule has 5 aromatic carbocycles. The Bertz CT molecular complexity index is 1640. The van der Waals surface area contributed by atoms with E-state index in [1.54, 1.807) is 36.4 Å². The van der Waals surface area contributed by atoms with Gasteiger partial charge in [-0.05, 0) is 66.3 Å². The van der Waals surface area contributed by atoms with E-state index >= 15 is 0 Å². The van der Waals surface area contributed by atoms with E-state index in [0.717, 1.165) is 27.8 Å². The first-order chi connectivity index (χ1) is 22.8. The number of esters is 2. The van der Waals surface area contributed by atoms with Crippen LogP contribution in [-0.4, -0.2) is 36.4 Å². The van der Waals surface area contributed by atoms with Crippen molar-refractivity contribution in [2.45, 2.75) is 37.0 Å². The highest BCUT2D eigenvalue weighted by Gasteiger charge is 2.66. The van der Waals surface area contributed by atoms with E-state index in [9.17, 15) is 14.7 Å². The molecule has 240 valence electrons. The maximum absolute atomic E-state index is 14.1. The van der Waals surface area contributed by atoms with Crippen LogP contribution in [0.5, 0.6) is 11.5 Å². The van der Waals surface area contributed by atoms with Crippen molar-refractivity contribution in [3.63, 3.8) is 0 Å². The third-order valence-corrected chi connectivity index (χ3v) is 9.43. The van der Waals surface area contributed by atoms with Gasteiger partial charge in [-0.25, -0.2) is 0 Å². The molecule has 0 radical (unpaired) electrons. The lowest BCUT2D eigenvalue weighted by Crippen LogP contribution is -2.57. The second-order valence-electron chi connectivity index (χ2n) is 12.0. The van der Waals surface area contributed by atoms with E-state index in [4.69, 9.17) is 14.6 Å². The predicted octanol–water partition coefficient (Wildman–Crippen LogP) is 8.07. The summed E-state index contributed by atoms with van der Waals surface area (Å²) in [6.45, 7) is 2.05. The van der Waals surface area contributed by atoms with Crippen LogP contribution in [0.15, 0.2) is 140 Å². The van der Waals surface area contributed by atoms with E-state index in [2.05, 4.69) is 31.2 Å². The molecule has 6 heteroatoms. The third kappa shape index (κ3) is 6.50. The standard InChI is InChI=1S/C35H34O5.C6H6O/c1-24-14-16-27(17-15-24)34(28-18-20-29(36)21-19-28)22-30(25-10-6-4-7-11-25)35(32(37)39-2,33(38)40-3)31(23-34)26-12-8-5-9-13-26;7-6-4-2-1-3-5-6/h4-21,30-31,36H,22-23H2,1-3H3;1-5,7H. The van der Waals surface area contributed by atoms with Crippen molar-refractivity contribution in [3.05, 3.63) is 167 Å². The molecule has 0 bridgehead atoms.